The molecule has 5 heteroatoms. The molecule has 0 aromatic heterocycles. The summed E-state index contributed by atoms with van der Waals surface area (Å²) in [4.78, 5) is 24.3. The van der Waals surface area contributed by atoms with Gasteiger partial charge in [0, 0.05) is 13.6 Å². The van der Waals surface area contributed by atoms with Crippen LogP contribution in [0.2, 0.25) is 0 Å². The monoisotopic (exact) mass is 241 g/mol. The highest BCUT2D eigenvalue weighted by Gasteiger charge is 2.54. The van der Waals surface area contributed by atoms with Gasteiger partial charge in [0.2, 0.25) is 5.91 Å². The van der Waals surface area contributed by atoms with Gasteiger partial charge in [0.05, 0.1) is 24.0 Å². The molecule has 2 aliphatic heterocycles. The summed E-state index contributed by atoms with van der Waals surface area (Å²) in [5.41, 5.74) is -0.448. The van der Waals surface area contributed by atoms with Crippen molar-refractivity contribution in [2.45, 2.75) is 44.8 Å². The van der Waals surface area contributed by atoms with Gasteiger partial charge >= 0.3 is 5.97 Å². The van der Waals surface area contributed by atoms with E-state index in [1.165, 1.54) is 4.90 Å². The molecule has 0 aromatic rings. The number of rotatable bonds is 4. The SMILES string of the molecule is CN(CCC(=O)O)C(=O)C1(C)CC2CCC1O2. The first kappa shape index (κ1) is 12.4. The molecule has 96 valence electrons. The molecule has 0 saturated carbocycles. The Morgan fingerprint density at radius 1 is 1.47 bits per heavy atom. The lowest BCUT2D eigenvalue weighted by Gasteiger charge is -2.33. The standard InChI is InChI=1S/C12H19NO4/c1-12(7-8-3-4-9(12)17-8)11(16)13(2)6-5-10(14)15/h8-9H,3-7H2,1-2H3,(H,14,15). The Kier molecular flexibility index (Phi) is 3.12. The molecule has 5 nitrogen and oxygen atoms in total. The Hall–Kier alpha value is -1.10. The maximum Gasteiger partial charge on any atom is 0.305 e. The average molecular weight is 241 g/mol. The summed E-state index contributed by atoms with van der Waals surface area (Å²) in [7, 11) is 1.67. The summed E-state index contributed by atoms with van der Waals surface area (Å²) in [6.45, 7) is 2.21. The van der Waals surface area contributed by atoms with E-state index >= 15 is 0 Å². The summed E-state index contributed by atoms with van der Waals surface area (Å²) in [5, 5.41) is 8.62. The van der Waals surface area contributed by atoms with Gasteiger partial charge in [-0.3, -0.25) is 9.59 Å². The minimum Gasteiger partial charge on any atom is -0.481 e. The Morgan fingerprint density at radius 3 is 2.65 bits per heavy atom. The summed E-state index contributed by atoms with van der Waals surface area (Å²) in [6, 6.07) is 0. The van der Waals surface area contributed by atoms with Gasteiger partial charge in [-0.2, -0.15) is 0 Å². The molecule has 1 N–H and O–H groups in total. The third kappa shape index (κ3) is 2.16. The highest BCUT2D eigenvalue weighted by atomic mass is 16.5. The third-order valence-electron chi connectivity index (χ3n) is 3.97. The van der Waals surface area contributed by atoms with Crippen LogP contribution in [0.1, 0.15) is 32.6 Å². The molecule has 0 aliphatic carbocycles. The van der Waals surface area contributed by atoms with Crippen LogP contribution >= 0.6 is 0 Å². The molecule has 0 spiro atoms. The quantitative estimate of drug-likeness (QED) is 0.793. The minimum atomic E-state index is -0.876. The predicted molar refractivity (Wildman–Crippen MR) is 60.5 cm³/mol. The van der Waals surface area contributed by atoms with Crippen LogP contribution in [-0.2, 0) is 14.3 Å². The molecule has 2 bridgehead atoms. The van der Waals surface area contributed by atoms with Crippen LogP contribution in [0.5, 0.6) is 0 Å². The number of hydrogen-bond donors (Lipinski definition) is 1. The Balaban J connectivity index is 1.97. The van der Waals surface area contributed by atoms with Crippen LogP contribution in [0.25, 0.3) is 0 Å². The molecular formula is C12H19NO4. The Bertz CT molecular complexity index is 343. The van der Waals surface area contributed by atoms with Crippen LogP contribution in [0.15, 0.2) is 0 Å². The first-order chi connectivity index (χ1) is 7.93. The minimum absolute atomic E-state index is 0.00667. The Labute approximate surface area is 101 Å². The fourth-order valence-electron chi connectivity index (χ4n) is 2.95. The Morgan fingerprint density at radius 2 is 2.18 bits per heavy atom. The summed E-state index contributed by atoms with van der Waals surface area (Å²) in [6.07, 6.45) is 3.00. The van der Waals surface area contributed by atoms with Crippen LogP contribution in [-0.4, -0.2) is 47.7 Å². The number of ether oxygens (including phenoxy) is 1. The lowest BCUT2D eigenvalue weighted by atomic mass is 9.74. The molecule has 0 radical (unpaired) electrons. The maximum absolute atomic E-state index is 12.3. The number of carboxylic acids is 1. The molecule has 17 heavy (non-hydrogen) atoms. The highest BCUT2D eigenvalue weighted by molar-refractivity contribution is 5.83. The van der Waals surface area contributed by atoms with E-state index in [1.807, 2.05) is 6.92 Å². The van der Waals surface area contributed by atoms with E-state index in [9.17, 15) is 9.59 Å². The van der Waals surface area contributed by atoms with E-state index in [0.29, 0.717) is 0 Å². The van der Waals surface area contributed by atoms with Gasteiger partial charge < -0.3 is 14.7 Å². The van der Waals surface area contributed by atoms with Crippen LogP contribution in [0, 0.1) is 5.41 Å². The molecule has 2 fully saturated rings. The van der Waals surface area contributed by atoms with Crippen molar-refractivity contribution in [3.63, 3.8) is 0 Å². The second-order valence-corrected chi connectivity index (χ2v) is 5.32. The topological polar surface area (TPSA) is 66.8 Å². The number of nitrogens with zero attached hydrogens (tertiary/aromatic N) is 1. The number of carboxylic acid groups (broad SMARTS) is 1. The summed E-state index contributed by atoms with van der Waals surface area (Å²) < 4.78 is 5.72. The van der Waals surface area contributed by atoms with Gasteiger partial charge in [0.25, 0.3) is 0 Å². The van der Waals surface area contributed by atoms with Gasteiger partial charge in [-0.05, 0) is 26.2 Å². The number of aliphatic carboxylic acids is 1. The number of hydrogen-bond acceptors (Lipinski definition) is 3. The molecular weight excluding hydrogens is 222 g/mol. The van der Waals surface area contributed by atoms with Crippen molar-refractivity contribution in [1.29, 1.82) is 0 Å². The van der Waals surface area contributed by atoms with Crippen molar-refractivity contribution in [3.05, 3.63) is 0 Å². The van der Waals surface area contributed by atoms with Crippen molar-refractivity contribution in [2.24, 2.45) is 5.41 Å². The van der Waals surface area contributed by atoms with E-state index in [-0.39, 0.29) is 31.1 Å². The van der Waals surface area contributed by atoms with Crippen LogP contribution < -0.4 is 0 Å². The number of carbonyl (C=O) groups is 2. The number of fused-ring (bicyclic) bond motifs is 2. The van der Waals surface area contributed by atoms with Gasteiger partial charge in [-0.25, -0.2) is 0 Å². The molecule has 2 saturated heterocycles. The highest BCUT2D eigenvalue weighted by Crippen LogP contribution is 2.48. The number of carbonyl (C=O) groups excluding carboxylic acids is 1. The van der Waals surface area contributed by atoms with Crippen molar-refractivity contribution in [2.75, 3.05) is 13.6 Å². The largest absolute Gasteiger partial charge is 0.481 e. The lowest BCUT2D eigenvalue weighted by Crippen LogP contribution is -2.46. The second-order valence-electron chi connectivity index (χ2n) is 5.32. The van der Waals surface area contributed by atoms with Crippen molar-refractivity contribution in [3.8, 4) is 0 Å². The van der Waals surface area contributed by atoms with Crippen LogP contribution in [0.4, 0.5) is 0 Å². The first-order valence-corrected chi connectivity index (χ1v) is 6.06. The second kappa shape index (κ2) is 4.29. The molecule has 1 amide bonds. The fraction of sp³-hybridized carbons (Fsp3) is 0.833. The van der Waals surface area contributed by atoms with E-state index < -0.39 is 11.4 Å². The molecule has 2 heterocycles. The van der Waals surface area contributed by atoms with E-state index in [2.05, 4.69) is 0 Å². The number of amides is 1. The van der Waals surface area contributed by atoms with Crippen molar-refractivity contribution in [1.82, 2.24) is 4.90 Å². The van der Waals surface area contributed by atoms with E-state index in [1.54, 1.807) is 7.05 Å². The molecule has 0 aromatic carbocycles. The zero-order valence-electron chi connectivity index (χ0n) is 10.3. The van der Waals surface area contributed by atoms with Crippen molar-refractivity contribution < 1.29 is 19.4 Å². The van der Waals surface area contributed by atoms with Gasteiger partial charge in [0.1, 0.15) is 0 Å². The van der Waals surface area contributed by atoms with Gasteiger partial charge in [-0.1, -0.05) is 0 Å². The molecule has 2 aliphatic rings. The average Bonchev–Trinajstić information content (AvgIpc) is 2.84. The van der Waals surface area contributed by atoms with E-state index in [0.717, 1.165) is 19.3 Å². The van der Waals surface area contributed by atoms with Crippen molar-refractivity contribution >= 4 is 11.9 Å². The first-order valence-electron chi connectivity index (χ1n) is 6.06. The van der Waals surface area contributed by atoms with Gasteiger partial charge in [0.15, 0.2) is 0 Å². The third-order valence-corrected chi connectivity index (χ3v) is 3.97. The molecule has 3 atom stereocenters. The van der Waals surface area contributed by atoms with Crippen LogP contribution in [0.3, 0.4) is 0 Å². The van der Waals surface area contributed by atoms with E-state index in [4.69, 9.17) is 9.84 Å². The zero-order valence-corrected chi connectivity index (χ0v) is 10.3. The smallest absolute Gasteiger partial charge is 0.305 e. The normalized spacial score (nSPS) is 34.9. The predicted octanol–water partition coefficient (Wildman–Crippen LogP) is 0.877. The molecule has 2 rings (SSSR count). The fourth-order valence-corrected chi connectivity index (χ4v) is 2.95. The van der Waals surface area contributed by atoms with Gasteiger partial charge in [-0.15, -0.1) is 0 Å². The molecule has 3 unspecified atom stereocenters. The lowest BCUT2D eigenvalue weighted by molar-refractivity contribution is -0.144. The summed E-state index contributed by atoms with van der Waals surface area (Å²) in [5.74, 6) is -0.857. The maximum atomic E-state index is 12.3. The summed E-state index contributed by atoms with van der Waals surface area (Å²) >= 11 is 0. The zero-order chi connectivity index (χ0) is 12.6.